The van der Waals surface area contributed by atoms with Crippen LogP contribution in [0.15, 0.2) is 28.7 Å². The van der Waals surface area contributed by atoms with E-state index in [1.807, 2.05) is 0 Å². The summed E-state index contributed by atoms with van der Waals surface area (Å²) in [6.07, 6.45) is 1.17. The maximum atomic E-state index is 5.18. The first-order chi connectivity index (χ1) is 8.20. The minimum absolute atomic E-state index is 0.417. The van der Waals surface area contributed by atoms with Gasteiger partial charge in [-0.3, -0.25) is 4.90 Å². The lowest BCUT2D eigenvalue weighted by Gasteiger charge is -2.29. The Morgan fingerprint density at radius 3 is 2.59 bits per heavy atom. The molecule has 0 saturated heterocycles. The van der Waals surface area contributed by atoms with E-state index in [0.717, 1.165) is 19.7 Å². The monoisotopic (exact) mass is 299 g/mol. The summed E-state index contributed by atoms with van der Waals surface area (Å²) in [7, 11) is 1.76. The molecule has 0 radical (unpaired) electrons. The highest BCUT2D eigenvalue weighted by Gasteiger charge is 2.16. The maximum Gasteiger partial charge on any atom is 0.0589 e. The molecule has 0 amide bonds. The Hall–Kier alpha value is -0.380. The first kappa shape index (κ1) is 14.7. The molecule has 0 aromatic heterocycles. The summed E-state index contributed by atoms with van der Waals surface area (Å²) in [6, 6.07) is 8.85. The number of methoxy groups -OCH3 is 1. The number of hydrogen-bond donors (Lipinski definition) is 0. The van der Waals surface area contributed by atoms with Gasteiger partial charge in [0.2, 0.25) is 0 Å². The van der Waals surface area contributed by atoms with Crippen molar-refractivity contribution in [2.75, 3.05) is 26.8 Å². The third-order valence-electron chi connectivity index (χ3n) is 3.00. The molecule has 17 heavy (non-hydrogen) atoms. The van der Waals surface area contributed by atoms with Gasteiger partial charge in [-0.1, -0.05) is 41.1 Å². The minimum atomic E-state index is 0.417. The molecule has 1 atom stereocenters. The normalized spacial score (nSPS) is 13.0. The summed E-state index contributed by atoms with van der Waals surface area (Å²) in [5.41, 5.74) is 1.34. The van der Waals surface area contributed by atoms with E-state index in [9.17, 15) is 0 Å². The SMILES string of the molecule is CCCN(CCOC)C(C)c1ccccc1Br. The maximum absolute atomic E-state index is 5.18. The van der Waals surface area contributed by atoms with Crippen LogP contribution >= 0.6 is 15.9 Å². The molecule has 0 spiro atoms. The van der Waals surface area contributed by atoms with Crippen LogP contribution in [0.4, 0.5) is 0 Å². The van der Waals surface area contributed by atoms with E-state index in [4.69, 9.17) is 4.74 Å². The predicted molar refractivity (Wildman–Crippen MR) is 76.3 cm³/mol. The Morgan fingerprint density at radius 1 is 1.29 bits per heavy atom. The predicted octanol–water partition coefficient (Wildman–Crippen LogP) is 3.87. The Kier molecular flexibility index (Phi) is 6.78. The van der Waals surface area contributed by atoms with E-state index in [1.165, 1.54) is 16.5 Å². The van der Waals surface area contributed by atoms with Gasteiger partial charge in [0.1, 0.15) is 0 Å². The van der Waals surface area contributed by atoms with Crippen LogP contribution in [0.25, 0.3) is 0 Å². The molecule has 3 heteroatoms. The lowest BCUT2D eigenvalue weighted by molar-refractivity contribution is 0.124. The van der Waals surface area contributed by atoms with Crippen molar-refractivity contribution in [1.82, 2.24) is 4.90 Å². The molecule has 2 nitrogen and oxygen atoms in total. The lowest BCUT2D eigenvalue weighted by Crippen LogP contribution is -2.31. The Bertz CT molecular complexity index is 330. The van der Waals surface area contributed by atoms with Gasteiger partial charge >= 0.3 is 0 Å². The summed E-state index contributed by atoms with van der Waals surface area (Å²) in [5, 5.41) is 0. The number of hydrogen-bond acceptors (Lipinski definition) is 2. The van der Waals surface area contributed by atoms with E-state index in [2.05, 4.69) is 58.9 Å². The first-order valence-electron chi connectivity index (χ1n) is 6.18. The van der Waals surface area contributed by atoms with Crippen LogP contribution in [0, 0.1) is 0 Å². The first-order valence-corrected chi connectivity index (χ1v) is 6.97. The molecule has 0 bridgehead atoms. The van der Waals surface area contributed by atoms with Crippen molar-refractivity contribution in [3.05, 3.63) is 34.3 Å². The zero-order chi connectivity index (χ0) is 12.7. The van der Waals surface area contributed by atoms with Crippen molar-refractivity contribution in [1.29, 1.82) is 0 Å². The zero-order valence-corrected chi connectivity index (χ0v) is 12.5. The second-order valence-electron chi connectivity index (χ2n) is 4.23. The molecule has 0 fully saturated rings. The number of rotatable bonds is 7. The van der Waals surface area contributed by atoms with Crippen LogP contribution in [-0.2, 0) is 4.74 Å². The van der Waals surface area contributed by atoms with Crippen molar-refractivity contribution in [3.63, 3.8) is 0 Å². The number of nitrogens with zero attached hydrogens (tertiary/aromatic N) is 1. The van der Waals surface area contributed by atoms with E-state index < -0.39 is 0 Å². The van der Waals surface area contributed by atoms with Gasteiger partial charge in [-0.05, 0) is 31.5 Å². The Labute approximate surface area is 113 Å². The standard InChI is InChI=1S/C14H22BrNO/c1-4-9-16(10-11-17-3)12(2)13-7-5-6-8-14(13)15/h5-8,12H,4,9-11H2,1-3H3. The number of ether oxygens (including phenoxy) is 1. The highest BCUT2D eigenvalue weighted by molar-refractivity contribution is 9.10. The van der Waals surface area contributed by atoms with Gasteiger partial charge in [-0.15, -0.1) is 0 Å². The fourth-order valence-electron chi connectivity index (χ4n) is 2.01. The second kappa shape index (κ2) is 7.85. The van der Waals surface area contributed by atoms with E-state index >= 15 is 0 Å². The van der Waals surface area contributed by atoms with Crippen LogP contribution in [0.2, 0.25) is 0 Å². The molecule has 0 aliphatic rings. The number of halogens is 1. The second-order valence-corrected chi connectivity index (χ2v) is 5.08. The summed E-state index contributed by atoms with van der Waals surface area (Å²) in [6.45, 7) is 7.34. The van der Waals surface area contributed by atoms with Gasteiger partial charge in [-0.2, -0.15) is 0 Å². The van der Waals surface area contributed by atoms with Crippen LogP contribution in [0.3, 0.4) is 0 Å². The van der Waals surface area contributed by atoms with Gasteiger partial charge in [0, 0.05) is 24.2 Å². The quantitative estimate of drug-likeness (QED) is 0.758. The molecule has 0 N–H and O–H groups in total. The summed E-state index contributed by atoms with van der Waals surface area (Å²) >= 11 is 3.63. The van der Waals surface area contributed by atoms with Gasteiger partial charge in [0.05, 0.1) is 6.61 Å². The molecule has 1 rings (SSSR count). The molecule has 1 unspecified atom stereocenters. The third kappa shape index (κ3) is 4.41. The van der Waals surface area contributed by atoms with Gasteiger partial charge in [0.25, 0.3) is 0 Å². The Morgan fingerprint density at radius 2 is 2.00 bits per heavy atom. The van der Waals surface area contributed by atoms with Crippen molar-refractivity contribution in [3.8, 4) is 0 Å². The van der Waals surface area contributed by atoms with E-state index in [-0.39, 0.29) is 0 Å². The van der Waals surface area contributed by atoms with E-state index in [1.54, 1.807) is 7.11 Å². The molecule has 0 aliphatic heterocycles. The average molecular weight is 300 g/mol. The molecule has 96 valence electrons. The van der Waals surface area contributed by atoms with E-state index in [0.29, 0.717) is 6.04 Å². The highest BCUT2D eigenvalue weighted by Crippen LogP contribution is 2.27. The van der Waals surface area contributed by atoms with Crippen molar-refractivity contribution in [2.24, 2.45) is 0 Å². The molecule has 0 aliphatic carbocycles. The molecule has 1 aromatic rings. The van der Waals surface area contributed by atoms with Crippen molar-refractivity contribution >= 4 is 15.9 Å². The molecule has 1 aromatic carbocycles. The topological polar surface area (TPSA) is 12.5 Å². The van der Waals surface area contributed by atoms with Crippen LogP contribution < -0.4 is 0 Å². The summed E-state index contributed by atoms with van der Waals surface area (Å²) < 4.78 is 6.37. The summed E-state index contributed by atoms with van der Waals surface area (Å²) in [5.74, 6) is 0. The highest BCUT2D eigenvalue weighted by atomic mass is 79.9. The van der Waals surface area contributed by atoms with Gasteiger partial charge in [-0.25, -0.2) is 0 Å². The minimum Gasteiger partial charge on any atom is -0.383 e. The zero-order valence-electron chi connectivity index (χ0n) is 10.9. The average Bonchev–Trinajstić information content (AvgIpc) is 2.34. The van der Waals surface area contributed by atoms with Gasteiger partial charge in [0.15, 0.2) is 0 Å². The largest absolute Gasteiger partial charge is 0.383 e. The van der Waals surface area contributed by atoms with Crippen LogP contribution in [0.5, 0.6) is 0 Å². The summed E-state index contributed by atoms with van der Waals surface area (Å²) in [4.78, 5) is 2.46. The van der Waals surface area contributed by atoms with Crippen molar-refractivity contribution < 1.29 is 4.74 Å². The van der Waals surface area contributed by atoms with Gasteiger partial charge < -0.3 is 4.74 Å². The third-order valence-corrected chi connectivity index (χ3v) is 3.72. The van der Waals surface area contributed by atoms with Crippen LogP contribution in [0.1, 0.15) is 31.9 Å². The smallest absolute Gasteiger partial charge is 0.0589 e. The molecular weight excluding hydrogens is 278 g/mol. The number of benzene rings is 1. The molecule has 0 saturated carbocycles. The molecule has 0 heterocycles. The fourth-order valence-corrected chi connectivity index (χ4v) is 2.62. The van der Waals surface area contributed by atoms with Crippen molar-refractivity contribution in [2.45, 2.75) is 26.3 Å². The molecular formula is C14H22BrNO. The fraction of sp³-hybridized carbons (Fsp3) is 0.571. The lowest BCUT2D eigenvalue weighted by atomic mass is 10.1. The Balaban J connectivity index is 2.76. The van der Waals surface area contributed by atoms with Crippen LogP contribution in [-0.4, -0.2) is 31.7 Å².